The van der Waals surface area contributed by atoms with E-state index in [1.54, 1.807) is 0 Å². The van der Waals surface area contributed by atoms with Gasteiger partial charge in [-0.3, -0.25) is 14.4 Å². The number of esters is 3. The Morgan fingerprint density at radius 1 is 0.253 bits per heavy atom. The largest absolute Gasteiger partial charge is 0.462 e. The maximum Gasteiger partial charge on any atom is 0.306 e. The fourth-order valence-electron chi connectivity index (χ4n) is 10.2. The molecule has 0 aliphatic carbocycles. The van der Waals surface area contributed by atoms with Crippen LogP contribution < -0.4 is 0 Å². The predicted octanol–water partition coefficient (Wildman–Crippen LogP) is 24.8. The molecule has 0 saturated carbocycles. The maximum atomic E-state index is 13.0. The first-order chi connectivity index (χ1) is 41.0. The van der Waals surface area contributed by atoms with Crippen LogP contribution in [0, 0.1) is 0 Å². The number of unbranched alkanes of at least 4 members (excludes halogenated alkanes) is 38. The molecule has 6 nitrogen and oxygen atoms in total. The van der Waals surface area contributed by atoms with Crippen LogP contribution in [0.1, 0.15) is 355 Å². The molecule has 0 rings (SSSR count). The molecule has 1 unspecified atom stereocenters. The van der Waals surface area contributed by atoms with Gasteiger partial charge in [0.25, 0.3) is 0 Å². The van der Waals surface area contributed by atoms with Crippen molar-refractivity contribution < 1.29 is 28.6 Å². The normalized spacial score (nSPS) is 12.7. The lowest BCUT2D eigenvalue weighted by atomic mass is 10.0. The van der Waals surface area contributed by atoms with Crippen molar-refractivity contribution in [1.82, 2.24) is 0 Å². The molecule has 478 valence electrons. The summed E-state index contributed by atoms with van der Waals surface area (Å²) in [5.74, 6) is -0.881. The second-order valence-corrected chi connectivity index (χ2v) is 23.8. The molecule has 0 saturated heterocycles. The third-order valence-corrected chi connectivity index (χ3v) is 15.5. The second kappa shape index (κ2) is 70.8. The van der Waals surface area contributed by atoms with Crippen molar-refractivity contribution in [2.45, 2.75) is 361 Å². The van der Waals surface area contributed by atoms with E-state index in [2.05, 4.69) is 118 Å². The van der Waals surface area contributed by atoms with E-state index >= 15 is 0 Å². The average molecular weight is 1160 g/mol. The van der Waals surface area contributed by atoms with Crippen LogP contribution in [-0.2, 0) is 28.6 Å². The van der Waals surface area contributed by atoms with Crippen molar-refractivity contribution in [3.8, 4) is 0 Å². The van der Waals surface area contributed by atoms with Gasteiger partial charge in [0.2, 0.25) is 0 Å². The number of hydrogen-bond donors (Lipinski definition) is 0. The molecule has 0 aliphatic rings. The summed E-state index contributed by atoms with van der Waals surface area (Å²) < 4.78 is 17.0. The Kier molecular flexibility index (Phi) is 67.7. The summed E-state index contributed by atoms with van der Waals surface area (Å²) in [6, 6.07) is 0. The quantitative estimate of drug-likeness (QED) is 0.0261. The SMILES string of the molecule is CC/C=C\C/C=C\C/C=C\C/C=C\CCCCCCCCCCCCCCCCCCC(=O)OCC(COC(=O)CCCCCCC/C=C\CCCCCC)OC(=O)CCCCCCCCCC/C=C\C/C=C\C/C=C\CCCCCCC. The minimum atomic E-state index is -0.786. The zero-order chi connectivity index (χ0) is 59.9. The molecule has 0 heterocycles. The standard InChI is InChI=1S/C77H134O6/c1-4-7-10-13-16-19-22-25-27-29-31-33-35-36-37-38-39-40-42-43-45-47-49-52-55-58-61-64-67-70-76(79)82-73-74(72-81-75(78)69-66-63-60-57-54-51-24-21-18-15-12-9-6-3)83-77(80)71-68-65-62-59-56-53-50-48-46-44-41-34-32-30-28-26-23-20-17-14-11-8-5-2/h7,10,16,19,21,23-27,30-33,41,44,74H,4-6,8-9,11-15,17-18,20,22,28-29,34-40,42-43,45-73H2,1-3H3/b10-7-,19-16-,24-21-,26-23-,27-25-,32-30-,33-31-,44-41-. The highest BCUT2D eigenvalue weighted by molar-refractivity contribution is 5.71. The lowest BCUT2D eigenvalue weighted by Gasteiger charge is -2.18. The summed E-state index contributed by atoms with van der Waals surface area (Å²) >= 11 is 0. The van der Waals surface area contributed by atoms with Gasteiger partial charge in [-0.25, -0.2) is 0 Å². The lowest BCUT2D eigenvalue weighted by Crippen LogP contribution is -2.30. The molecular weight excluding hydrogens is 1020 g/mol. The number of hydrogen-bond acceptors (Lipinski definition) is 6. The third-order valence-electron chi connectivity index (χ3n) is 15.5. The number of rotatable bonds is 65. The van der Waals surface area contributed by atoms with Gasteiger partial charge < -0.3 is 14.2 Å². The molecule has 0 radical (unpaired) electrons. The van der Waals surface area contributed by atoms with Crippen LogP contribution in [0.3, 0.4) is 0 Å². The zero-order valence-corrected chi connectivity index (χ0v) is 54.9. The summed E-state index contributed by atoms with van der Waals surface area (Å²) in [7, 11) is 0. The Balaban J connectivity index is 4.26. The smallest absolute Gasteiger partial charge is 0.306 e. The van der Waals surface area contributed by atoms with E-state index in [1.165, 1.54) is 205 Å². The van der Waals surface area contributed by atoms with Gasteiger partial charge in [0.1, 0.15) is 13.2 Å². The van der Waals surface area contributed by atoms with E-state index in [0.29, 0.717) is 19.3 Å². The van der Waals surface area contributed by atoms with Crippen molar-refractivity contribution in [1.29, 1.82) is 0 Å². The molecule has 0 aromatic rings. The number of ether oxygens (including phenoxy) is 3. The van der Waals surface area contributed by atoms with Crippen LogP contribution in [0.15, 0.2) is 97.2 Å². The van der Waals surface area contributed by atoms with Crippen LogP contribution in [0.2, 0.25) is 0 Å². The second-order valence-electron chi connectivity index (χ2n) is 23.8. The van der Waals surface area contributed by atoms with Gasteiger partial charge in [-0.2, -0.15) is 0 Å². The molecule has 83 heavy (non-hydrogen) atoms. The van der Waals surface area contributed by atoms with Crippen molar-refractivity contribution in [3.05, 3.63) is 97.2 Å². The monoisotopic (exact) mass is 1160 g/mol. The molecule has 1 atom stereocenters. The third kappa shape index (κ3) is 69.0. The van der Waals surface area contributed by atoms with Gasteiger partial charge >= 0.3 is 17.9 Å². The zero-order valence-electron chi connectivity index (χ0n) is 54.9. The maximum absolute atomic E-state index is 13.0. The summed E-state index contributed by atoms with van der Waals surface area (Å²) in [6.07, 6.45) is 95.8. The molecule has 0 aliphatic heterocycles. The van der Waals surface area contributed by atoms with Crippen molar-refractivity contribution in [3.63, 3.8) is 0 Å². The van der Waals surface area contributed by atoms with Crippen molar-refractivity contribution >= 4 is 17.9 Å². The molecule has 0 fully saturated rings. The lowest BCUT2D eigenvalue weighted by molar-refractivity contribution is -0.167. The first-order valence-corrected chi connectivity index (χ1v) is 35.7. The Morgan fingerprint density at radius 2 is 0.470 bits per heavy atom. The van der Waals surface area contributed by atoms with E-state index in [1.807, 2.05) is 0 Å². The Labute approximate surface area is 515 Å². The van der Waals surface area contributed by atoms with Crippen LogP contribution >= 0.6 is 0 Å². The van der Waals surface area contributed by atoms with Crippen LogP contribution in [0.25, 0.3) is 0 Å². The van der Waals surface area contributed by atoms with Crippen molar-refractivity contribution in [2.75, 3.05) is 13.2 Å². The van der Waals surface area contributed by atoms with Crippen LogP contribution in [-0.4, -0.2) is 37.2 Å². The van der Waals surface area contributed by atoms with E-state index < -0.39 is 6.10 Å². The Hall–Kier alpha value is -3.67. The van der Waals surface area contributed by atoms with E-state index in [-0.39, 0.29) is 31.1 Å². The number of carbonyl (C=O) groups is 3. The Bertz CT molecular complexity index is 1610. The fraction of sp³-hybridized carbons (Fsp3) is 0.753. The average Bonchev–Trinajstić information content (AvgIpc) is 3.49. The van der Waals surface area contributed by atoms with Crippen molar-refractivity contribution in [2.24, 2.45) is 0 Å². The minimum absolute atomic E-state index is 0.0805. The molecule has 6 heteroatoms. The predicted molar refractivity (Wildman–Crippen MR) is 362 cm³/mol. The van der Waals surface area contributed by atoms with Gasteiger partial charge in [-0.05, 0) is 122 Å². The molecule has 0 aromatic heterocycles. The minimum Gasteiger partial charge on any atom is -0.462 e. The Morgan fingerprint density at radius 3 is 0.759 bits per heavy atom. The van der Waals surface area contributed by atoms with E-state index in [0.717, 1.165) is 109 Å². The van der Waals surface area contributed by atoms with E-state index in [9.17, 15) is 14.4 Å². The van der Waals surface area contributed by atoms with Gasteiger partial charge in [-0.15, -0.1) is 0 Å². The van der Waals surface area contributed by atoms with Gasteiger partial charge in [0.05, 0.1) is 0 Å². The molecule has 0 bridgehead atoms. The summed E-state index contributed by atoms with van der Waals surface area (Å²) in [6.45, 7) is 6.53. The molecule has 0 N–H and O–H groups in total. The molecule has 0 amide bonds. The van der Waals surface area contributed by atoms with Crippen LogP contribution in [0.5, 0.6) is 0 Å². The van der Waals surface area contributed by atoms with Gasteiger partial charge in [-0.1, -0.05) is 311 Å². The molecule has 0 aromatic carbocycles. The highest BCUT2D eigenvalue weighted by atomic mass is 16.6. The first kappa shape index (κ1) is 79.3. The topological polar surface area (TPSA) is 78.9 Å². The van der Waals surface area contributed by atoms with E-state index in [4.69, 9.17) is 14.2 Å². The van der Waals surface area contributed by atoms with Gasteiger partial charge in [0, 0.05) is 19.3 Å². The number of allylic oxidation sites excluding steroid dienone is 16. The first-order valence-electron chi connectivity index (χ1n) is 35.7. The highest BCUT2D eigenvalue weighted by Crippen LogP contribution is 2.17. The summed E-state index contributed by atoms with van der Waals surface area (Å²) in [4.78, 5) is 38.4. The van der Waals surface area contributed by atoms with Gasteiger partial charge in [0.15, 0.2) is 6.10 Å². The highest BCUT2D eigenvalue weighted by Gasteiger charge is 2.19. The molecule has 0 spiro atoms. The number of carbonyl (C=O) groups excluding carboxylic acids is 3. The fourth-order valence-corrected chi connectivity index (χ4v) is 10.2. The summed E-state index contributed by atoms with van der Waals surface area (Å²) in [5, 5.41) is 0. The summed E-state index contributed by atoms with van der Waals surface area (Å²) in [5.41, 5.74) is 0. The van der Waals surface area contributed by atoms with Crippen LogP contribution in [0.4, 0.5) is 0 Å². The molecular formula is C77H134O6.